The lowest BCUT2D eigenvalue weighted by molar-refractivity contribution is -0.376. The van der Waals surface area contributed by atoms with Crippen molar-refractivity contribution in [2.75, 3.05) is 19.8 Å². The van der Waals surface area contributed by atoms with Gasteiger partial charge in [-0.05, 0) is 73.0 Å². The zero-order chi connectivity index (χ0) is 34.4. The Morgan fingerprint density at radius 2 is 1.57 bits per heavy atom. The van der Waals surface area contributed by atoms with E-state index in [0.717, 1.165) is 11.0 Å². The first kappa shape index (κ1) is 33.6. The molecule has 1 saturated heterocycles. The van der Waals surface area contributed by atoms with E-state index in [4.69, 9.17) is 14.2 Å². The van der Waals surface area contributed by atoms with Crippen molar-refractivity contribution in [2.45, 2.75) is 50.2 Å². The number of fused-ring (bicyclic) bond motifs is 1. The normalized spacial score (nSPS) is 18.3. The molecule has 0 aromatic heterocycles. The number of Topliss-reactive ketones (excluding diaryl/α,β-unsaturated/α-hetero) is 1. The van der Waals surface area contributed by atoms with E-state index < -0.39 is 53.3 Å². The topological polar surface area (TPSA) is 114 Å². The molecule has 0 spiro atoms. The van der Waals surface area contributed by atoms with E-state index in [0.29, 0.717) is 48.8 Å². The summed E-state index contributed by atoms with van der Waals surface area (Å²) in [6.07, 6.45) is -11.7. The molecule has 3 amide bonds. The van der Waals surface area contributed by atoms with Crippen LogP contribution in [0, 0.1) is 0 Å². The fourth-order valence-electron chi connectivity index (χ4n) is 5.32. The van der Waals surface area contributed by atoms with Gasteiger partial charge in [-0.1, -0.05) is 25.5 Å². The number of aliphatic hydroxyl groups is 1. The summed E-state index contributed by atoms with van der Waals surface area (Å²) in [5, 5.41) is 12.4. The van der Waals surface area contributed by atoms with Gasteiger partial charge in [-0.25, -0.2) is 4.79 Å². The molecule has 2 heterocycles. The molecule has 0 aliphatic carbocycles. The summed E-state index contributed by atoms with van der Waals surface area (Å²) in [7, 11) is 0. The van der Waals surface area contributed by atoms with Gasteiger partial charge in [-0.2, -0.15) is 26.3 Å². The van der Waals surface area contributed by atoms with Gasteiger partial charge >= 0.3 is 18.4 Å². The molecule has 15 heteroatoms. The molecule has 0 radical (unpaired) electrons. The third-order valence-corrected chi connectivity index (χ3v) is 7.92. The highest BCUT2D eigenvalue weighted by molar-refractivity contribution is 6.11. The molecule has 250 valence electrons. The molecule has 1 fully saturated rings. The fraction of sp³-hybridized carbons (Fsp3) is 0.344. The Kier molecular flexibility index (Phi) is 8.64. The summed E-state index contributed by atoms with van der Waals surface area (Å²) in [5.74, 6) is -0.318. The van der Waals surface area contributed by atoms with Crippen molar-refractivity contribution in [3.8, 4) is 23.0 Å². The largest absolute Gasteiger partial charge is 0.486 e. The number of rotatable bonds is 9. The second-order valence-corrected chi connectivity index (χ2v) is 11.1. The number of hydrogen-bond donors (Lipinski definition) is 2. The van der Waals surface area contributed by atoms with Crippen molar-refractivity contribution < 1.29 is 60.0 Å². The van der Waals surface area contributed by atoms with Crippen molar-refractivity contribution >= 4 is 17.7 Å². The SMILES string of the molecule is CCCc1cc(C(O)(C(F)(F)F)C(F)(F)F)ccc1Oc1ccc(C(=O)CN2C(=O)NC(C)(c3ccc4c(c3)OCCO4)C2=O)cc1. The number of alkyl halides is 6. The number of ether oxygens (including phenoxy) is 3. The average Bonchev–Trinajstić information content (AvgIpc) is 3.24. The Balaban J connectivity index is 1.31. The summed E-state index contributed by atoms with van der Waals surface area (Å²) >= 11 is 0. The maximum Gasteiger partial charge on any atom is 0.430 e. The van der Waals surface area contributed by atoms with Gasteiger partial charge in [0.05, 0.1) is 6.54 Å². The smallest absolute Gasteiger partial charge is 0.430 e. The number of nitrogens with one attached hydrogen (secondary N) is 1. The van der Waals surface area contributed by atoms with E-state index in [-0.39, 0.29) is 29.0 Å². The van der Waals surface area contributed by atoms with Crippen LogP contribution >= 0.6 is 0 Å². The number of carbonyl (C=O) groups is 3. The highest BCUT2D eigenvalue weighted by atomic mass is 19.4. The van der Waals surface area contributed by atoms with Crippen LogP contribution in [-0.4, -0.2) is 59.8 Å². The minimum Gasteiger partial charge on any atom is -0.486 e. The Bertz CT molecular complexity index is 1690. The Hall–Kier alpha value is -4.79. The van der Waals surface area contributed by atoms with Crippen LogP contribution in [0.5, 0.6) is 23.0 Å². The molecule has 2 aliphatic rings. The highest BCUT2D eigenvalue weighted by Gasteiger charge is 2.71. The van der Waals surface area contributed by atoms with Crippen molar-refractivity contribution in [1.29, 1.82) is 0 Å². The molecule has 0 saturated carbocycles. The summed E-state index contributed by atoms with van der Waals surface area (Å²) < 4.78 is 97.3. The monoisotopic (exact) mass is 666 g/mol. The number of urea groups is 1. The lowest BCUT2D eigenvalue weighted by Crippen LogP contribution is -2.53. The van der Waals surface area contributed by atoms with Crippen molar-refractivity contribution in [2.24, 2.45) is 0 Å². The zero-order valence-electron chi connectivity index (χ0n) is 24.9. The molecular weight excluding hydrogens is 638 g/mol. The van der Waals surface area contributed by atoms with E-state index in [1.807, 2.05) is 0 Å². The number of carbonyl (C=O) groups excluding carboxylic acids is 3. The van der Waals surface area contributed by atoms with Crippen molar-refractivity contribution in [3.05, 3.63) is 82.9 Å². The molecule has 3 aromatic carbocycles. The van der Waals surface area contributed by atoms with Crippen LogP contribution in [0.4, 0.5) is 31.1 Å². The zero-order valence-corrected chi connectivity index (χ0v) is 24.9. The van der Waals surface area contributed by atoms with Gasteiger partial charge in [-0.15, -0.1) is 0 Å². The fourth-order valence-corrected chi connectivity index (χ4v) is 5.32. The number of hydrogen-bond acceptors (Lipinski definition) is 7. The average molecular weight is 667 g/mol. The molecule has 1 unspecified atom stereocenters. The second kappa shape index (κ2) is 12.1. The third-order valence-electron chi connectivity index (χ3n) is 7.92. The van der Waals surface area contributed by atoms with E-state index in [1.165, 1.54) is 31.2 Å². The van der Waals surface area contributed by atoms with Gasteiger partial charge in [-0.3, -0.25) is 14.5 Å². The molecule has 3 aromatic rings. The van der Waals surface area contributed by atoms with Crippen LogP contribution in [0.15, 0.2) is 60.7 Å². The third kappa shape index (κ3) is 6.06. The number of amides is 3. The maximum atomic E-state index is 13.4. The quantitative estimate of drug-likeness (QED) is 0.160. The lowest BCUT2D eigenvalue weighted by atomic mass is 9.90. The van der Waals surface area contributed by atoms with Crippen LogP contribution < -0.4 is 19.5 Å². The number of ketones is 1. The Morgan fingerprint density at radius 3 is 2.19 bits per heavy atom. The Labute approximate surface area is 264 Å². The van der Waals surface area contributed by atoms with Crippen LogP contribution in [0.3, 0.4) is 0 Å². The number of imide groups is 1. The number of benzene rings is 3. The van der Waals surface area contributed by atoms with E-state index in [9.17, 15) is 45.8 Å². The first-order valence-electron chi connectivity index (χ1n) is 14.3. The van der Waals surface area contributed by atoms with Crippen LogP contribution in [0.25, 0.3) is 0 Å². The van der Waals surface area contributed by atoms with Crippen molar-refractivity contribution in [3.63, 3.8) is 0 Å². The van der Waals surface area contributed by atoms with Gasteiger partial charge in [0.15, 0.2) is 17.3 Å². The molecule has 47 heavy (non-hydrogen) atoms. The molecule has 5 rings (SSSR count). The van der Waals surface area contributed by atoms with E-state index in [1.54, 1.807) is 25.1 Å². The summed E-state index contributed by atoms with van der Waals surface area (Å²) in [4.78, 5) is 40.0. The van der Waals surface area contributed by atoms with Crippen LogP contribution in [0.1, 0.15) is 47.3 Å². The molecule has 0 bridgehead atoms. The summed E-state index contributed by atoms with van der Waals surface area (Å²) in [5.41, 5.74) is -7.47. The molecule has 2 aliphatic heterocycles. The summed E-state index contributed by atoms with van der Waals surface area (Å²) in [6.45, 7) is 3.26. The van der Waals surface area contributed by atoms with Crippen molar-refractivity contribution in [1.82, 2.24) is 10.2 Å². The standard InChI is InChI=1S/C32H28F6N2O7/c1-3-4-19-15-21(30(44,31(33,34)35)32(36,37)38)8-11-24(19)47-22-9-5-18(6-10-22)23(41)17-40-27(42)29(2,39-28(40)43)20-7-12-25-26(16-20)46-14-13-45-25/h5-12,15-16,44H,3-4,13-14,17H2,1-2H3,(H,39,43). The molecule has 1 atom stereocenters. The van der Waals surface area contributed by atoms with E-state index >= 15 is 0 Å². The predicted molar refractivity (Wildman–Crippen MR) is 152 cm³/mol. The number of nitrogens with zero attached hydrogens (tertiary/aromatic N) is 1. The van der Waals surface area contributed by atoms with Gasteiger partial charge < -0.3 is 24.6 Å². The first-order valence-corrected chi connectivity index (χ1v) is 14.3. The molecular formula is C32H28F6N2O7. The first-order chi connectivity index (χ1) is 22.0. The highest BCUT2D eigenvalue weighted by Crippen LogP contribution is 2.50. The predicted octanol–water partition coefficient (Wildman–Crippen LogP) is 6.16. The van der Waals surface area contributed by atoms with Gasteiger partial charge in [0.25, 0.3) is 11.5 Å². The maximum absolute atomic E-state index is 13.4. The number of halogens is 6. The van der Waals surface area contributed by atoms with E-state index in [2.05, 4.69) is 5.32 Å². The van der Waals surface area contributed by atoms with Crippen LogP contribution in [-0.2, 0) is 22.4 Å². The number of aryl methyl sites for hydroxylation is 1. The molecule has 9 nitrogen and oxygen atoms in total. The molecule has 2 N–H and O–H groups in total. The second-order valence-electron chi connectivity index (χ2n) is 11.1. The van der Waals surface area contributed by atoms with Crippen LogP contribution in [0.2, 0.25) is 0 Å². The minimum absolute atomic E-state index is 0.0169. The minimum atomic E-state index is -6.04. The van der Waals surface area contributed by atoms with Gasteiger partial charge in [0, 0.05) is 11.1 Å². The van der Waals surface area contributed by atoms with Gasteiger partial charge in [0.1, 0.15) is 30.3 Å². The lowest BCUT2D eigenvalue weighted by Gasteiger charge is -2.33. The Morgan fingerprint density at radius 1 is 0.936 bits per heavy atom. The van der Waals surface area contributed by atoms with Gasteiger partial charge in [0.2, 0.25) is 0 Å². The summed E-state index contributed by atoms with van der Waals surface area (Å²) in [6, 6.07) is 11.4.